The van der Waals surface area contributed by atoms with Crippen molar-refractivity contribution in [3.8, 4) is 0 Å². The van der Waals surface area contributed by atoms with Crippen LogP contribution < -0.4 is 16.0 Å². The predicted molar refractivity (Wildman–Crippen MR) is 129 cm³/mol. The number of amides is 3. The van der Waals surface area contributed by atoms with Crippen LogP contribution in [0.3, 0.4) is 0 Å². The molecule has 35 heavy (non-hydrogen) atoms. The van der Waals surface area contributed by atoms with Gasteiger partial charge in [0, 0.05) is 22.8 Å². The summed E-state index contributed by atoms with van der Waals surface area (Å²) in [5.74, 6) is -0.110. The quantitative estimate of drug-likeness (QED) is 0.404. The molecule has 0 radical (unpaired) electrons. The summed E-state index contributed by atoms with van der Waals surface area (Å²) in [4.78, 5) is 46.3. The zero-order valence-corrected chi connectivity index (χ0v) is 18.5. The Morgan fingerprint density at radius 3 is 2.66 bits per heavy atom. The summed E-state index contributed by atoms with van der Waals surface area (Å²) in [6.45, 7) is 0.399. The van der Waals surface area contributed by atoms with E-state index in [-0.39, 0.29) is 11.8 Å². The normalized spacial score (nSPS) is 19.5. The molecule has 8 heteroatoms. The van der Waals surface area contributed by atoms with Crippen molar-refractivity contribution in [3.05, 3.63) is 94.3 Å². The highest BCUT2D eigenvalue weighted by Gasteiger charge is 2.51. The van der Waals surface area contributed by atoms with Crippen LogP contribution in [-0.2, 0) is 29.6 Å². The van der Waals surface area contributed by atoms with Crippen LogP contribution >= 0.6 is 0 Å². The first-order valence-corrected chi connectivity index (χ1v) is 11.4. The molecular weight excluding hydrogens is 442 g/mol. The molecule has 2 aliphatic heterocycles. The number of imide groups is 1. The third-order valence-electron chi connectivity index (χ3n) is 7.27. The van der Waals surface area contributed by atoms with Crippen LogP contribution in [0.5, 0.6) is 0 Å². The maximum absolute atomic E-state index is 13.0. The number of aromatic nitrogens is 2. The molecule has 3 aliphatic rings. The molecule has 170 valence electrons. The van der Waals surface area contributed by atoms with Crippen molar-refractivity contribution in [2.24, 2.45) is 0 Å². The van der Waals surface area contributed by atoms with Gasteiger partial charge in [-0.3, -0.25) is 24.7 Å². The van der Waals surface area contributed by atoms with Gasteiger partial charge in [0.25, 0.3) is 11.8 Å². The molecule has 3 amide bonds. The largest absolute Gasteiger partial charge is 0.379 e. The smallest absolute Gasteiger partial charge is 0.261 e. The standard InChI is InChI=1S/C27H19N5O3/c33-24-18-3-1-5-20(22(18)25(34)32-24)29-13-17-7-6-14-9-15-11-27(12-16(15)10-21(14)30-17)19-4-2-8-28-23(19)31-26(27)35/h1-10,29H,11-13H2,(H,28,31,35)(H,32,33,34). The number of nitrogens with zero attached hydrogens (tertiary/aromatic N) is 2. The third-order valence-corrected chi connectivity index (χ3v) is 7.27. The topological polar surface area (TPSA) is 113 Å². The summed E-state index contributed by atoms with van der Waals surface area (Å²) in [5.41, 5.74) is 5.64. The molecule has 1 spiro atoms. The van der Waals surface area contributed by atoms with E-state index in [1.165, 1.54) is 0 Å². The van der Waals surface area contributed by atoms with E-state index in [2.05, 4.69) is 33.1 Å². The summed E-state index contributed by atoms with van der Waals surface area (Å²) in [7, 11) is 0. The van der Waals surface area contributed by atoms with Crippen LogP contribution in [0.25, 0.3) is 10.9 Å². The molecule has 0 saturated heterocycles. The van der Waals surface area contributed by atoms with E-state index in [0.717, 1.165) is 33.3 Å². The lowest BCUT2D eigenvalue weighted by Gasteiger charge is -2.20. The highest BCUT2D eigenvalue weighted by molar-refractivity contribution is 6.23. The molecule has 1 unspecified atom stereocenters. The molecule has 2 aromatic carbocycles. The minimum atomic E-state index is -0.612. The minimum absolute atomic E-state index is 0.00205. The Balaban J connectivity index is 1.19. The average molecular weight is 461 g/mol. The van der Waals surface area contributed by atoms with Gasteiger partial charge in [0.1, 0.15) is 5.82 Å². The molecule has 0 saturated carbocycles. The molecule has 0 bridgehead atoms. The minimum Gasteiger partial charge on any atom is -0.379 e. The van der Waals surface area contributed by atoms with Crippen LogP contribution in [0, 0.1) is 0 Å². The molecule has 0 fully saturated rings. The fourth-order valence-corrected chi connectivity index (χ4v) is 5.59. The molecule has 7 rings (SSSR count). The van der Waals surface area contributed by atoms with E-state index in [9.17, 15) is 14.4 Å². The maximum atomic E-state index is 13.0. The van der Waals surface area contributed by atoms with Gasteiger partial charge in [0.2, 0.25) is 5.91 Å². The Kier molecular flexibility index (Phi) is 3.94. The van der Waals surface area contributed by atoms with E-state index in [0.29, 0.717) is 42.0 Å². The molecule has 3 N–H and O–H groups in total. The Bertz CT molecular complexity index is 1630. The Hall–Kier alpha value is -4.59. The van der Waals surface area contributed by atoms with Crippen molar-refractivity contribution >= 4 is 40.1 Å². The van der Waals surface area contributed by atoms with Crippen LogP contribution in [0.4, 0.5) is 11.5 Å². The number of carbonyl (C=O) groups is 3. The van der Waals surface area contributed by atoms with Gasteiger partial charge in [-0.25, -0.2) is 4.98 Å². The van der Waals surface area contributed by atoms with Crippen molar-refractivity contribution < 1.29 is 14.4 Å². The number of rotatable bonds is 3. The van der Waals surface area contributed by atoms with Crippen LogP contribution in [0.15, 0.2) is 60.8 Å². The summed E-state index contributed by atoms with van der Waals surface area (Å²) in [5, 5.41) is 9.55. The van der Waals surface area contributed by atoms with Gasteiger partial charge < -0.3 is 10.6 Å². The lowest BCUT2D eigenvalue weighted by atomic mass is 9.79. The molecule has 4 heterocycles. The van der Waals surface area contributed by atoms with E-state index in [1.807, 2.05) is 24.3 Å². The summed E-state index contributed by atoms with van der Waals surface area (Å²) < 4.78 is 0. The van der Waals surface area contributed by atoms with Crippen molar-refractivity contribution in [2.45, 2.75) is 24.8 Å². The summed E-state index contributed by atoms with van der Waals surface area (Å²) in [6.07, 6.45) is 2.96. The van der Waals surface area contributed by atoms with Gasteiger partial charge in [-0.1, -0.05) is 18.2 Å². The number of benzene rings is 2. The van der Waals surface area contributed by atoms with Crippen molar-refractivity contribution in [1.82, 2.24) is 15.3 Å². The average Bonchev–Trinajstić information content (AvgIpc) is 3.47. The lowest BCUT2D eigenvalue weighted by molar-refractivity contribution is -0.120. The zero-order chi connectivity index (χ0) is 23.7. The zero-order valence-electron chi connectivity index (χ0n) is 18.5. The van der Waals surface area contributed by atoms with Gasteiger partial charge >= 0.3 is 0 Å². The van der Waals surface area contributed by atoms with Crippen LogP contribution in [0.1, 0.15) is 43.1 Å². The van der Waals surface area contributed by atoms with E-state index in [1.54, 1.807) is 24.4 Å². The molecule has 1 atom stereocenters. The van der Waals surface area contributed by atoms with Gasteiger partial charge in [-0.15, -0.1) is 0 Å². The Morgan fingerprint density at radius 2 is 1.77 bits per heavy atom. The monoisotopic (exact) mass is 461 g/mol. The fraction of sp³-hybridized carbons (Fsp3) is 0.148. The van der Waals surface area contributed by atoms with Gasteiger partial charge in [0.05, 0.1) is 34.3 Å². The number of anilines is 2. The Morgan fingerprint density at radius 1 is 0.914 bits per heavy atom. The molecule has 8 nitrogen and oxygen atoms in total. The second-order valence-electron chi connectivity index (χ2n) is 9.27. The number of hydrogen-bond acceptors (Lipinski definition) is 6. The lowest BCUT2D eigenvalue weighted by Crippen LogP contribution is -2.35. The van der Waals surface area contributed by atoms with Gasteiger partial charge in [0.15, 0.2) is 0 Å². The van der Waals surface area contributed by atoms with Crippen LogP contribution in [-0.4, -0.2) is 27.7 Å². The highest BCUT2D eigenvalue weighted by Crippen LogP contribution is 2.47. The Labute approximate surface area is 199 Å². The third kappa shape index (κ3) is 2.83. The van der Waals surface area contributed by atoms with Crippen molar-refractivity contribution in [2.75, 3.05) is 10.6 Å². The number of hydrogen-bond donors (Lipinski definition) is 3. The second kappa shape index (κ2) is 6.96. The molecule has 2 aromatic heterocycles. The first-order valence-electron chi connectivity index (χ1n) is 11.4. The van der Waals surface area contributed by atoms with Crippen molar-refractivity contribution in [1.29, 1.82) is 0 Å². The maximum Gasteiger partial charge on any atom is 0.261 e. The number of nitrogens with one attached hydrogen (secondary N) is 3. The first-order chi connectivity index (χ1) is 17.0. The van der Waals surface area contributed by atoms with Crippen molar-refractivity contribution in [3.63, 3.8) is 0 Å². The fourth-order valence-electron chi connectivity index (χ4n) is 5.59. The predicted octanol–water partition coefficient (Wildman–Crippen LogP) is 3.11. The highest BCUT2D eigenvalue weighted by atomic mass is 16.2. The second-order valence-corrected chi connectivity index (χ2v) is 9.27. The van der Waals surface area contributed by atoms with E-state index >= 15 is 0 Å². The molecule has 1 aliphatic carbocycles. The van der Waals surface area contributed by atoms with E-state index < -0.39 is 11.3 Å². The number of carbonyl (C=O) groups excluding carboxylic acids is 3. The van der Waals surface area contributed by atoms with Gasteiger partial charge in [-0.2, -0.15) is 0 Å². The number of pyridine rings is 2. The van der Waals surface area contributed by atoms with Gasteiger partial charge in [-0.05, 0) is 60.4 Å². The summed E-state index contributed by atoms with van der Waals surface area (Å²) >= 11 is 0. The summed E-state index contributed by atoms with van der Waals surface area (Å²) in [6, 6.07) is 17.2. The first kappa shape index (κ1) is 19.8. The van der Waals surface area contributed by atoms with E-state index in [4.69, 9.17) is 4.98 Å². The molecular formula is C27H19N5O3. The number of fused-ring (bicyclic) bond motifs is 5. The van der Waals surface area contributed by atoms with Crippen LogP contribution in [0.2, 0.25) is 0 Å². The molecule has 4 aromatic rings. The SMILES string of the molecule is O=C1NC(=O)c2c(NCc3ccc4cc5c(cc4n3)CC3(C5)C(=O)Nc4ncccc43)cccc21.